The topological polar surface area (TPSA) is 152 Å². The Morgan fingerprint density at radius 1 is 1.10 bits per heavy atom. The van der Waals surface area contributed by atoms with E-state index in [1.54, 1.807) is 18.2 Å². The quantitative estimate of drug-likeness (QED) is 0.197. The maximum absolute atomic E-state index is 13.2. The van der Waals surface area contributed by atoms with E-state index in [9.17, 15) is 19.5 Å². The second-order valence-corrected chi connectivity index (χ2v) is 10.8. The van der Waals surface area contributed by atoms with Gasteiger partial charge in [0.25, 0.3) is 17.4 Å². The predicted octanol–water partition coefficient (Wildman–Crippen LogP) is 2.59. The van der Waals surface area contributed by atoms with Gasteiger partial charge in [-0.2, -0.15) is 0 Å². The van der Waals surface area contributed by atoms with Gasteiger partial charge in [0.2, 0.25) is 0 Å². The second-order valence-electron chi connectivity index (χ2n) is 10.8. The lowest BCUT2D eigenvalue weighted by Crippen LogP contribution is -2.54. The van der Waals surface area contributed by atoms with E-state index in [-0.39, 0.29) is 53.9 Å². The molecule has 2 amide bonds. The van der Waals surface area contributed by atoms with Crippen molar-refractivity contribution >= 4 is 28.5 Å². The molecule has 0 saturated carbocycles. The third-order valence-electron chi connectivity index (χ3n) is 7.91. The molecular weight excluding hydrogens is 524 g/mol. The number of nitrogens with zero attached hydrogens (tertiary/aromatic N) is 2. The smallest absolute Gasteiger partial charge is 0.261 e. The van der Waals surface area contributed by atoms with E-state index in [1.165, 1.54) is 11.1 Å². The summed E-state index contributed by atoms with van der Waals surface area (Å²) < 4.78 is 5.78. The van der Waals surface area contributed by atoms with Gasteiger partial charge in [0, 0.05) is 37.8 Å². The molecule has 2 aliphatic heterocycles. The number of aliphatic hydroxyl groups excluding tert-OH is 1. The molecule has 41 heavy (non-hydrogen) atoms. The van der Waals surface area contributed by atoms with Crippen molar-refractivity contribution in [1.82, 2.24) is 25.2 Å². The number of benzene rings is 2. The summed E-state index contributed by atoms with van der Waals surface area (Å²) in [5.41, 5.74) is 4.08. The molecule has 4 aromatic rings. The standard InChI is InChI=1S/C30H32N6O5/c1-15-4-5-25(16(2)8-15)41-14-19(37)13-33-22-6-7-32-28(38)26(22)27-34-23-9-20-21(10-24(23)35-27)30(40)36(29(20)39)17(3)18-11-31-12-18/h4-10,17-19,31,37H,11-14H2,1-3H3,(H,34,35)(H2,32,33,38). The normalized spacial score (nSPS) is 16.5. The largest absolute Gasteiger partial charge is 0.491 e. The molecule has 2 aromatic heterocycles. The fourth-order valence-electron chi connectivity index (χ4n) is 5.41. The van der Waals surface area contributed by atoms with E-state index < -0.39 is 6.10 Å². The number of ether oxygens (including phenoxy) is 1. The van der Waals surface area contributed by atoms with Crippen LogP contribution in [-0.4, -0.2) is 75.2 Å². The van der Waals surface area contributed by atoms with Crippen LogP contribution in [0.2, 0.25) is 0 Å². The molecule has 4 heterocycles. The summed E-state index contributed by atoms with van der Waals surface area (Å²) in [6.45, 7) is 7.61. The van der Waals surface area contributed by atoms with Crippen LogP contribution in [0.25, 0.3) is 22.4 Å². The van der Waals surface area contributed by atoms with E-state index >= 15 is 0 Å². The minimum Gasteiger partial charge on any atom is -0.491 e. The van der Waals surface area contributed by atoms with Crippen molar-refractivity contribution < 1.29 is 19.4 Å². The number of imide groups is 1. The highest BCUT2D eigenvalue weighted by Crippen LogP contribution is 2.32. The molecule has 1 saturated heterocycles. The number of rotatable bonds is 9. The third kappa shape index (κ3) is 4.87. The van der Waals surface area contributed by atoms with Gasteiger partial charge in [0.1, 0.15) is 29.8 Å². The van der Waals surface area contributed by atoms with Crippen LogP contribution in [0.5, 0.6) is 5.75 Å². The number of hydrogen-bond acceptors (Lipinski definition) is 8. The van der Waals surface area contributed by atoms with E-state index in [4.69, 9.17) is 4.74 Å². The van der Waals surface area contributed by atoms with E-state index in [0.29, 0.717) is 33.6 Å². The van der Waals surface area contributed by atoms with Crippen molar-refractivity contribution in [3.05, 3.63) is 75.2 Å². The number of amides is 2. The van der Waals surface area contributed by atoms with E-state index in [2.05, 4.69) is 25.6 Å². The molecular formula is C30H32N6O5. The maximum Gasteiger partial charge on any atom is 0.261 e. The average Bonchev–Trinajstić information content (AvgIpc) is 3.42. The Kier molecular flexibility index (Phi) is 6.84. The van der Waals surface area contributed by atoms with Crippen molar-refractivity contribution in [2.75, 3.05) is 31.6 Å². The summed E-state index contributed by atoms with van der Waals surface area (Å²) in [4.78, 5) is 51.0. The van der Waals surface area contributed by atoms with Gasteiger partial charge in [-0.1, -0.05) is 17.7 Å². The van der Waals surface area contributed by atoms with Crippen LogP contribution in [0.15, 0.2) is 47.4 Å². The number of carbonyl (C=O) groups is 2. The molecule has 0 aliphatic carbocycles. The Hall–Kier alpha value is -4.48. The molecule has 0 radical (unpaired) electrons. The van der Waals surface area contributed by atoms with E-state index in [0.717, 1.165) is 24.2 Å². The van der Waals surface area contributed by atoms with Crippen molar-refractivity contribution in [3.63, 3.8) is 0 Å². The van der Waals surface area contributed by atoms with Gasteiger partial charge < -0.3 is 30.4 Å². The van der Waals surface area contributed by atoms with Gasteiger partial charge in [0.15, 0.2) is 0 Å². The monoisotopic (exact) mass is 556 g/mol. The molecule has 2 atom stereocenters. The molecule has 5 N–H and O–H groups in total. The zero-order valence-corrected chi connectivity index (χ0v) is 23.1. The minimum atomic E-state index is -0.848. The SMILES string of the molecule is Cc1ccc(OCC(O)CNc2cc[nH]c(=O)c2-c2nc3cc4c(cc3[nH]2)C(=O)N(C(C)C2CNC2)C4=O)c(C)c1. The van der Waals surface area contributed by atoms with E-state index in [1.807, 2.05) is 39.0 Å². The predicted molar refractivity (Wildman–Crippen MR) is 154 cm³/mol. The lowest BCUT2D eigenvalue weighted by Gasteiger charge is -2.36. The number of imidazole rings is 1. The van der Waals surface area contributed by atoms with Crippen LogP contribution in [-0.2, 0) is 0 Å². The molecule has 0 bridgehead atoms. The first kappa shape index (κ1) is 26.7. The summed E-state index contributed by atoms with van der Waals surface area (Å²) in [5, 5.41) is 16.9. The summed E-state index contributed by atoms with van der Waals surface area (Å²) in [5.74, 6) is 0.571. The summed E-state index contributed by atoms with van der Waals surface area (Å²) in [7, 11) is 0. The zero-order chi connectivity index (χ0) is 28.8. The number of hydrogen-bond donors (Lipinski definition) is 5. The molecule has 2 unspecified atom stereocenters. The summed E-state index contributed by atoms with van der Waals surface area (Å²) in [6, 6.07) is 10.6. The molecule has 2 aliphatic rings. The highest BCUT2D eigenvalue weighted by atomic mass is 16.5. The summed E-state index contributed by atoms with van der Waals surface area (Å²) >= 11 is 0. The highest BCUT2D eigenvalue weighted by Gasteiger charge is 2.42. The Balaban J connectivity index is 1.21. The van der Waals surface area contributed by atoms with Crippen LogP contribution in [0.1, 0.15) is 38.8 Å². The van der Waals surface area contributed by atoms with Gasteiger partial charge in [-0.05, 0) is 50.6 Å². The number of nitrogens with one attached hydrogen (secondary N) is 4. The molecule has 6 rings (SSSR count). The van der Waals surface area contributed by atoms with Crippen molar-refractivity contribution in [2.45, 2.75) is 32.9 Å². The Morgan fingerprint density at radius 3 is 2.56 bits per heavy atom. The maximum atomic E-state index is 13.2. The van der Waals surface area contributed by atoms with Crippen LogP contribution in [0.4, 0.5) is 5.69 Å². The van der Waals surface area contributed by atoms with Crippen molar-refractivity contribution in [3.8, 4) is 17.1 Å². The fraction of sp³-hybridized carbons (Fsp3) is 0.333. The van der Waals surface area contributed by atoms with Gasteiger partial charge in [-0.25, -0.2) is 4.98 Å². The number of carbonyl (C=O) groups excluding carboxylic acids is 2. The highest BCUT2D eigenvalue weighted by molar-refractivity contribution is 6.23. The Labute approximate surface area is 235 Å². The fourth-order valence-corrected chi connectivity index (χ4v) is 5.41. The Morgan fingerprint density at radius 2 is 1.85 bits per heavy atom. The molecule has 212 valence electrons. The first-order chi connectivity index (χ1) is 19.7. The number of aromatic nitrogens is 3. The summed E-state index contributed by atoms with van der Waals surface area (Å²) in [6.07, 6.45) is 0.661. The minimum absolute atomic E-state index is 0.0700. The number of aromatic amines is 2. The second kappa shape index (κ2) is 10.5. The first-order valence-corrected chi connectivity index (χ1v) is 13.7. The van der Waals surface area contributed by atoms with Gasteiger partial charge in [-0.15, -0.1) is 0 Å². The molecule has 0 spiro atoms. The van der Waals surface area contributed by atoms with Gasteiger partial charge >= 0.3 is 0 Å². The van der Waals surface area contributed by atoms with Crippen LogP contribution < -0.4 is 20.9 Å². The number of fused-ring (bicyclic) bond motifs is 2. The molecule has 11 nitrogen and oxygen atoms in total. The third-order valence-corrected chi connectivity index (χ3v) is 7.91. The number of aryl methyl sites for hydroxylation is 2. The van der Waals surface area contributed by atoms with Crippen molar-refractivity contribution in [2.24, 2.45) is 5.92 Å². The number of anilines is 1. The number of aliphatic hydroxyl groups is 1. The number of H-pyrrole nitrogens is 2. The van der Waals surface area contributed by atoms with Crippen LogP contribution in [0, 0.1) is 19.8 Å². The van der Waals surface area contributed by atoms with Crippen LogP contribution in [0.3, 0.4) is 0 Å². The van der Waals surface area contributed by atoms with Gasteiger partial charge in [0.05, 0.1) is 27.8 Å². The average molecular weight is 557 g/mol. The molecule has 11 heteroatoms. The number of pyridine rings is 1. The molecule has 1 fully saturated rings. The van der Waals surface area contributed by atoms with Crippen molar-refractivity contribution in [1.29, 1.82) is 0 Å². The first-order valence-electron chi connectivity index (χ1n) is 13.7. The Bertz CT molecular complexity index is 1670. The lowest BCUT2D eigenvalue weighted by atomic mass is 9.94. The molecule has 2 aromatic carbocycles. The van der Waals surface area contributed by atoms with Crippen LogP contribution >= 0.6 is 0 Å². The van der Waals surface area contributed by atoms with Gasteiger partial charge in [-0.3, -0.25) is 19.3 Å². The lowest BCUT2D eigenvalue weighted by molar-refractivity contribution is 0.0510. The zero-order valence-electron chi connectivity index (χ0n) is 23.1.